The van der Waals surface area contributed by atoms with Crippen molar-refractivity contribution in [2.45, 2.75) is 17.9 Å². The Kier molecular flexibility index (Phi) is 3.71. The summed E-state index contributed by atoms with van der Waals surface area (Å²) in [5, 5.41) is 0. The maximum absolute atomic E-state index is 11.3. The maximum atomic E-state index is 11.3. The van der Waals surface area contributed by atoms with Crippen LogP contribution in [0.4, 0.5) is 0 Å². The number of aromatic amines is 1. The first-order valence-corrected chi connectivity index (χ1v) is 6.56. The van der Waals surface area contributed by atoms with Gasteiger partial charge in [-0.1, -0.05) is 6.08 Å². The fraction of sp³-hybridized carbons (Fsp3) is 0.250. The van der Waals surface area contributed by atoms with Gasteiger partial charge in [-0.15, -0.1) is 6.58 Å². The standard InChI is InChI=1S/C8H9ClN2O4S/c1-2-3-4-11-5-6(16(9,14)15)7(12)10-8(11)13/h2,5H,1,3-4H2,(H,10,12,13). The smallest absolute Gasteiger partial charge is 0.299 e. The van der Waals surface area contributed by atoms with E-state index in [1.54, 1.807) is 6.08 Å². The van der Waals surface area contributed by atoms with Crippen molar-refractivity contribution in [2.75, 3.05) is 0 Å². The third-order valence-corrected chi connectivity index (χ3v) is 3.13. The van der Waals surface area contributed by atoms with Crippen LogP contribution in [0.5, 0.6) is 0 Å². The quantitative estimate of drug-likeness (QED) is 0.614. The van der Waals surface area contributed by atoms with E-state index in [2.05, 4.69) is 6.58 Å². The summed E-state index contributed by atoms with van der Waals surface area (Å²) in [5.41, 5.74) is -1.70. The van der Waals surface area contributed by atoms with Crippen LogP contribution in [0.3, 0.4) is 0 Å². The summed E-state index contributed by atoms with van der Waals surface area (Å²) >= 11 is 0. The first kappa shape index (κ1) is 12.7. The molecule has 1 N–H and O–H groups in total. The maximum Gasteiger partial charge on any atom is 0.328 e. The number of aryl methyl sites for hydroxylation is 1. The summed E-state index contributed by atoms with van der Waals surface area (Å²) in [6, 6.07) is 0. The van der Waals surface area contributed by atoms with Crippen LogP contribution in [-0.2, 0) is 15.6 Å². The van der Waals surface area contributed by atoms with Crippen LogP contribution in [-0.4, -0.2) is 18.0 Å². The average Bonchev–Trinajstić information content (AvgIpc) is 2.14. The number of nitrogens with zero attached hydrogens (tertiary/aromatic N) is 1. The van der Waals surface area contributed by atoms with Crippen molar-refractivity contribution in [1.29, 1.82) is 0 Å². The predicted octanol–water partition coefficient (Wildman–Crippen LogP) is 0.0402. The molecule has 0 aromatic carbocycles. The van der Waals surface area contributed by atoms with Gasteiger partial charge in [0.25, 0.3) is 14.6 Å². The molecule has 1 aromatic heterocycles. The van der Waals surface area contributed by atoms with Crippen molar-refractivity contribution >= 4 is 19.7 Å². The highest BCUT2D eigenvalue weighted by Crippen LogP contribution is 2.07. The van der Waals surface area contributed by atoms with E-state index >= 15 is 0 Å². The van der Waals surface area contributed by atoms with Gasteiger partial charge < -0.3 is 0 Å². The van der Waals surface area contributed by atoms with Gasteiger partial charge in [-0.25, -0.2) is 13.2 Å². The molecule has 16 heavy (non-hydrogen) atoms. The summed E-state index contributed by atoms with van der Waals surface area (Å²) in [7, 11) is 0.884. The number of aromatic nitrogens is 2. The zero-order valence-electron chi connectivity index (χ0n) is 8.14. The van der Waals surface area contributed by atoms with E-state index in [1.807, 2.05) is 4.98 Å². The van der Waals surface area contributed by atoms with Gasteiger partial charge in [0.05, 0.1) is 0 Å². The lowest BCUT2D eigenvalue weighted by Crippen LogP contribution is -2.32. The number of hydrogen-bond acceptors (Lipinski definition) is 4. The first-order valence-electron chi connectivity index (χ1n) is 4.25. The summed E-state index contributed by atoms with van der Waals surface area (Å²) < 4.78 is 23.1. The second-order valence-electron chi connectivity index (χ2n) is 2.96. The van der Waals surface area contributed by atoms with Gasteiger partial charge in [-0.2, -0.15) is 0 Å². The van der Waals surface area contributed by atoms with E-state index in [1.165, 1.54) is 0 Å². The molecule has 6 nitrogen and oxygen atoms in total. The van der Waals surface area contributed by atoms with Crippen molar-refractivity contribution in [3.63, 3.8) is 0 Å². The number of rotatable bonds is 4. The Morgan fingerprint density at radius 1 is 1.50 bits per heavy atom. The number of H-pyrrole nitrogens is 1. The highest BCUT2D eigenvalue weighted by molar-refractivity contribution is 8.13. The normalized spacial score (nSPS) is 11.3. The molecular weight excluding hydrogens is 256 g/mol. The van der Waals surface area contributed by atoms with E-state index < -0.39 is 25.2 Å². The van der Waals surface area contributed by atoms with E-state index in [-0.39, 0.29) is 6.54 Å². The van der Waals surface area contributed by atoms with Gasteiger partial charge in [0.15, 0.2) is 4.90 Å². The highest BCUT2D eigenvalue weighted by Gasteiger charge is 2.16. The second kappa shape index (κ2) is 4.67. The first-order chi connectivity index (χ1) is 7.36. The summed E-state index contributed by atoms with van der Waals surface area (Å²) in [6.45, 7) is 3.68. The Bertz CT molecular complexity index is 614. The average molecular weight is 265 g/mol. The van der Waals surface area contributed by atoms with Crippen LogP contribution in [0.1, 0.15) is 6.42 Å². The van der Waals surface area contributed by atoms with Crippen LogP contribution < -0.4 is 11.2 Å². The Morgan fingerprint density at radius 3 is 2.62 bits per heavy atom. The molecule has 0 aliphatic rings. The van der Waals surface area contributed by atoms with Crippen LogP contribution in [0.25, 0.3) is 0 Å². The molecule has 0 unspecified atom stereocenters. The number of hydrogen-bond donors (Lipinski definition) is 1. The summed E-state index contributed by atoms with van der Waals surface area (Å²) in [5.74, 6) is 0. The van der Waals surface area contributed by atoms with Gasteiger partial charge in [-0.3, -0.25) is 14.3 Å². The van der Waals surface area contributed by atoms with E-state index in [9.17, 15) is 18.0 Å². The predicted molar refractivity (Wildman–Crippen MR) is 59.2 cm³/mol. The van der Waals surface area contributed by atoms with Crippen LogP contribution in [0, 0.1) is 0 Å². The molecule has 0 spiro atoms. The van der Waals surface area contributed by atoms with Crippen molar-refractivity contribution in [1.82, 2.24) is 9.55 Å². The molecule has 0 radical (unpaired) electrons. The molecule has 0 saturated carbocycles. The molecule has 0 fully saturated rings. The van der Waals surface area contributed by atoms with Gasteiger partial charge in [0.2, 0.25) is 0 Å². The zero-order chi connectivity index (χ0) is 12.3. The second-order valence-corrected chi connectivity index (χ2v) is 5.50. The molecule has 0 bridgehead atoms. The number of nitrogens with one attached hydrogen (secondary N) is 1. The molecule has 88 valence electrons. The van der Waals surface area contributed by atoms with Gasteiger partial charge in [0, 0.05) is 23.4 Å². The lowest BCUT2D eigenvalue weighted by Gasteiger charge is -2.03. The molecule has 1 rings (SSSR count). The van der Waals surface area contributed by atoms with Crippen molar-refractivity contribution in [2.24, 2.45) is 0 Å². The Morgan fingerprint density at radius 2 is 2.12 bits per heavy atom. The highest BCUT2D eigenvalue weighted by atomic mass is 35.7. The Hall–Kier alpha value is -1.34. The summed E-state index contributed by atoms with van der Waals surface area (Å²) in [4.78, 5) is 23.7. The summed E-state index contributed by atoms with van der Waals surface area (Å²) in [6.07, 6.45) is 2.95. The van der Waals surface area contributed by atoms with E-state index in [0.717, 1.165) is 10.8 Å². The molecule has 0 saturated heterocycles. The fourth-order valence-corrected chi connectivity index (χ4v) is 1.91. The minimum atomic E-state index is -4.15. The van der Waals surface area contributed by atoms with Gasteiger partial charge >= 0.3 is 5.69 Å². The van der Waals surface area contributed by atoms with Crippen LogP contribution >= 0.6 is 10.7 Å². The molecule has 1 aromatic rings. The third kappa shape index (κ3) is 2.83. The Balaban J connectivity index is 3.39. The molecule has 0 aliphatic carbocycles. The van der Waals surface area contributed by atoms with Gasteiger partial charge in [0.1, 0.15) is 0 Å². The molecular formula is C8H9ClN2O4S. The zero-order valence-corrected chi connectivity index (χ0v) is 9.71. The molecule has 0 atom stereocenters. The lowest BCUT2D eigenvalue weighted by atomic mass is 10.4. The molecule has 8 heteroatoms. The molecule has 0 amide bonds. The van der Waals surface area contributed by atoms with Crippen molar-refractivity contribution in [3.05, 3.63) is 39.7 Å². The van der Waals surface area contributed by atoms with E-state index in [0.29, 0.717) is 6.42 Å². The van der Waals surface area contributed by atoms with Crippen LogP contribution in [0.15, 0.2) is 33.3 Å². The minimum Gasteiger partial charge on any atom is -0.299 e. The molecule has 1 heterocycles. The van der Waals surface area contributed by atoms with Gasteiger partial charge in [-0.05, 0) is 6.42 Å². The van der Waals surface area contributed by atoms with Crippen molar-refractivity contribution < 1.29 is 8.42 Å². The third-order valence-electron chi connectivity index (χ3n) is 1.82. The monoisotopic (exact) mass is 264 g/mol. The fourth-order valence-electron chi connectivity index (χ4n) is 1.06. The topological polar surface area (TPSA) is 89.0 Å². The number of halogens is 1. The number of allylic oxidation sites excluding steroid dienone is 1. The van der Waals surface area contributed by atoms with Crippen molar-refractivity contribution in [3.8, 4) is 0 Å². The molecule has 0 aliphatic heterocycles. The minimum absolute atomic E-state index is 0.221. The van der Waals surface area contributed by atoms with E-state index in [4.69, 9.17) is 10.7 Å². The lowest BCUT2D eigenvalue weighted by molar-refractivity contribution is 0.598. The Labute approximate surface area is 95.6 Å². The SMILES string of the molecule is C=CCCn1cc(S(=O)(=O)Cl)c(=O)[nH]c1=O. The largest absolute Gasteiger partial charge is 0.328 e. The van der Waals surface area contributed by atoms with Crippen LogP contribution in [0.2, 0.25) is 0 Å².